The summed E-state index contributed by atoms with van der Waals surface area (Å²) in [6.45, 7) is -0.112. The Kier molecular flexibility index (Phi) is 9.27. The second-order valence-electron chi connectivity index (χ2n) is 7.88. The first-order valence-electron chi connectivity index (χ1n) is 11.1. The van der Waals surface area contributed by atoms with Gasteiger partial charge >= 0.3 is 5.97 Å². The Labute approximate surface area is 204 Å². The summed E-state index contributed by atoms with van der Waals surface area (Å²) in [5.74, 6) is -1.03. The first-order valence-corrected chi connectivity index (χ1v) is 12.5. The van der Waals surface area contributed by atoms with Gasteiger partial charge in [-0.25, -0.2) is 4.79 Å². The zero-order valence-corrected chi connectivity index (χ0v) is 19.9. The molecule has 0 radical (unpaired) electrons. The third-order valence-electron chi connectivity index (χ3n) is 5.58. The third kappa shape index (κ3) is 6.05. The molecule has 0 saturated heterocycles. The van der Waals surface area contributed by atoms with Crippen LogP contribution in [-0.4, -0.2) is 47.7 Å². The maximum Gasteiger partial charge on any atom is 0.326 e. The summed E-state index contributed by atoms with van der Waals surface area (Å²) in [5.41, 5.74) is 7.87. The van der Waals surface area contributed by atoms with Gasteiger partial charge in [0.15, 0.2) is 0 Å². The van der Waals surface area contributed by atoms with E-state index in [4.69, 9.17) is 10.5 Å². The highest BCUT2D eigenvalue weighted by Crippen LogP contribution is 2.40. The predicted molar refractivity (Wildman–Crippen MR) is 136 cm³/mol. The molecule has 6 nitrogen and oxygen atoms in total. The topological polar surface area (TPSA) is 102 Å². The van der Waals surface area contributed by atoms with E-state index in [1.54, 1.807) is 0 Å². The highest BCUT2D eigenvalue weighted by molar-refractivity contribution is 7.98. The Morgan fingerprint density at radius 1 is 0.912 bits per heavy atom. The number of carbonyl (C=O) groups excluding carboxylic acids is 1. The van der Waals surface area contributed by atoms with E-state index in [2.05, 4.69) is 5.32 Å². The number of amides is 1. The van der Waals surface area contributed by atoms with Crippen molar-refractivity contribution in [2.45, 2.75) is 24.1 Å². The number of benzene rings is 3. The van der Waals surface area contributed by atoms with Crippen LogP contribution in [0, 0.1) is 0 Å². The minimum Gasteiger partial charge on any atom is -0.480 e. The second-order valence-corrected chi connectivity index (χ2v) is 8.86. The molecular weight excluding hydrogens is 448 g/mol. The first-order chi connectivity index (χ1) is 16.5. The minimum absolute atomic E-state index is 0.112. The molecule has 0 aliphatic heterocycles. The summed E-state index contributed by atoms with van der Waals surface area (Å²) >= 11 is 1.52. The van der Waals surface area contributed by atoms with E-state index in [0.717, 1.165) is 16.7 Å². The summed E-state index contributed by atoms with van der Waals surface area (Å²) in [6, 6.07) is 27.3. The average molecular weight is 479 g/mol. The molecule has 2 atom stereocenters. The highest BCUT2D eigenvalue weighted by atomic mass is 32.2. The number of ether oxygens (including phenoxy) is 1. The zero-order valence-electron chi connectivity index (χ0n) is 19.1. The smallest absolute Gasteiger partial charge is 0.326 e. The molecule has 3 aromatic rings. The lowest BCUT2D eigenvalue weighted by atomic mass is 9.80. The summed E-state index contributed by atoms with van der Waals surface area (Å²) in [5, 5.41) is 12.0. The van der Waals surface area contributed by atoms with Crippen LogP contribution in [0.2, 0.25) is 0 Å². The molecule has 34 heavy (non-hydrogen) atoms. The number of nitrogens with one attached hydrogen (secondary N) is 1. The van der Waals surface area contributed by atoms with Crippen molar-refractivity contribution in [2.24, 2.45) is 5.73 Å². The maximum absolute atomic E-state index is 12.8. The lowest BCUT2D eigenvalue weighted by Gasteiger charge is -2.36. The monoisotopic (exact) mass is 478 g/mol. The number of hydrogen-bond donors (Lipinski definition) is 3. The normalized spacial score (nSPS) is 13.1. The van der Waals surface area contributed by atoms with Gasteiger partial charge in [0.2, 0.25) is 5.91 Å². The molecule has 0 aromatic heterocycles. The molecular formula is C27H30N2O4S. The van der Waals surface area contributed by atoms with E-state index in [1.807, 2.05) is 97.3 Å². The van der Waals surface area contributed by atoms with E-state index in [-0.39, 0.29) is 6.61 Å². The molecule has 0 spiro atoms. The Morgan fingerprint density at radius 2 is 1.35 bits per heavy atom. The lowest BCUT2D eigenvalue weighted by molar-refractivity contribution is -0.142. The van der Waals surface area contributed by atoms with Gasteiger partial charge in [-0.3, -0.25) is 4.79 Å². The number of aliphatic carboxylic acids is 1. The number of carbonyl (C=O) groups is 2. The van der Waals surface area contributed by atoms with Crippen LogP contribution in [0.15, 0.2) is 91.0 Å². The number of carboxylic acids is 1. The van der Waals surface area contributed by atoms with Crippen molar-refractivity contribution < 1.29 is 19.4 Å². The van der Waals surface area contributed by atoms with Gasteiger partial charge in [-0.05, 0) is 35.1 Å². The van der Waals surface area contributed by atoms with Crippen molar-refractivity contribution in [3.05, 3.63) is 108 Å². The maximum atomic E-state index is 12.8. The van der Waals surface area contributed by atoms with Crippen molar-refractivity contribution in [2.75, 3.05) is 18.6 Å². The second kappa shape index (κ2) is 12.4. The molecule has 3 aromatic carbocycles. The zero-order chi connectivity index (χ0) is 24.4. The van der Waals surface area contributed by atoms with E-state index >= 15 is 0 Å². The standard InChI is InChI=1S/C27H30N2O4S/c1-34-18-17-24(26(31)32)29-25(30)23(28)19-33-27(20-11-5-2-6-12-20,21-13-7-3-8-14-21)22-15-9-4-10-16-22/h2-16,23-24H,17-19,28H2,1H3,(H,29,30)(H,31,32)/t23-,24-/m0/s1. The van der Waals surface area contributed by atoms with Crippen LogP contribution in [0.1, 0.15) is 23.1 Å². The van der Waals surface area contributed by atoms with Crippen molar-refractivity contribution in [3.8, 4) is 0 Å². The molecule has 178 valence electrons. The molecule has 0 aliphatic carbocycles. The third-order valence-corrected chi connectivity index (χ3v) is 6.23. The molecule has 0 bridgehead atoms. The van der Waals surface area contributed by atoms with Crippen LogP contribution < -0.4 is 11.1 Å². The summed E-state index contributed by atoms with van der Waals surface area (Å²) in [7, 11) is 0. The summed E-state index contributed by atoms with van der Waals surface area (Å²) in [6.07, 6.45) is 2.20. The molecule has 0 unspecified atom stereocenters. The summed E-state index contributed by atoms with van der Waals surface area (Å²) in [4.78, 5) is 24.3. The fourth-order valence-electron chi connectivity index (χ4n) is 3.83. The SMILES string of the molecule is CSCC[C@H](NC(=O)[C@@H](N)COC(c1ccccc1)(c1ccccc1)c1ccccc1)C(=O)O. The molecule has 7 heteroatoms. The van der Waals surface area contributed by atoms with Gasteiger partial charge in [-0.2, -0.15) is 11.8 Å². The van der Waals surface area contributed by atoms with Gasteiger partial charge in [-0.1, -0.05) is 91.0 Å². The quantitative estimate of drug-likeness (QED) is 0.344. The fraction of sp³-hybridized carbons (Fsp3) is 0.259. The largest absolute Gasteiger partial charge is 0.480 e. The predicted octanol–water partition coefficient (Wildman–Crippen LogP) is 3.64. The number of carboxylic acid groups (broad SMARTS) is 1. The summed E-state index contributed by atoms with van der Waals surface area (Å²) < 4.78 is 6.56. The highest BCUT2D eigenvalue weighted by Gasteiger charge is 2.38. The minimum atomic E-state index is -1.08. The average Bonchev–Trinajstić information content (AvgIpc) is 2.88. The fourth-order valence-corrected chi connectivity index (χ4v) is 4.30. The first kappa shape index (κ1) is 25.5. The Hall–Kier alpha value is -3.13. The van der Waals surface area contributed by atoms with Crippen molar-refractivity contribution in [1.82, 2.24) is 5.32 Å². The van der Waals surface area contributed by atoms with Crippen LogP contribution in [0.3, 0.4) is 0 Å². The van der Waals surface area contributed by atoms with Crippen LogP contribution in [0.4, 0.5) is 0 Å². The molecule has 1 amide bonds. The van der Waals surface area contributed by atoms with Crippen LogP contribution in [0.25, 0.3) is 0 Å². The van der Waals surface area contributed by atoms with Crippen molar-refractivity contribution >= 4 is 23.6 Å². The Bertz CT molecular complexity index is 951. The number of nitrogens with two attached hydrogens (primary N) is 1. The van der Waals surface area contributed by atoms with Gasteiger partial charge in [0.25, 0.3) is 0 Å². The van der Waals surface area contributed by atoms with Gasteiger partial charge in [0.1, 0.15) is 17.7 Å². The van der Waals surface area contributed by atoms with E-state index < -0.39 is 29.6 Å². The van der Waals surface area contributed by atoms with Crippen LogP contribution >= 0.6 is 11.8 Å². The van der Waals surface area contributed by atoms with Gasteiger partial charge in [0, 0.05) is 0 Å². The molecule has 3 rings (SSSR count). The molecule has 0 heterocycles. The van der Waals surface area contributed by atoms with Crippen molar-refractivity contribution in [1.29, 1.82) is 0 Å². The van der Waals surface area contributed by atoms with Crippen LogP contribution in [0.5, 0.6) is 0 Å². The number of hydrogen-bond acceptors (Lipinski definition) is 5. The molecule has 4 N–H and O–H groups in total. The molecule has 0 fully saturated rings. The number of thioether (sulfide) groups is 1. The van der Waals surface area contributed by atoms with Gasteiger partial charge in [-0.15, -0.1) is 0 Å². The van der Waals surface area contributed by atoms with Crippen LogP contribution in [-0.2, 0) is 19.9 Å². The van der Waals surface area contributed by atoms with E-state index in [9.17, 15) is 14.7 Å². The van der Waals surface area contributed by atoms with Gasteiger partial charge < -0.3 is 20.9 Å². The van der Waals surface area contributed by atoms with E-state index in [0.29, 0.717) is 12.2 Å². The van der Waals surface area contributed by atoms with Crippen molar-refractivity contribution in [3.63, 3.8) is 0 Å². The Morgan fingerprint density at radius 3 is 1.74 bits per heavy atom. The number of rotatable bonds is 12. The Balaban J connectivity index is 1.92. The molecule has 0 aliphatic rings. The van der Waals surface area contributed by atoms with E-state index in [1.165, 1.54) is 11.8 Å². The van der Waals surface area contributed by atoms with Gasteiger partial charge in [0.05, 0.1) is 6.61 Å². The lowest BCUT2D eigenvalue weighted by Crippen LogP contribution is -2.51. The molecule has 0 saturated carbocycles.